The highest BCUT2D eigenvalue weighted by Crippen LogP contribution is 2.33. The molecule has 2 atom stereocenters. The minimum Gasteiger partial charge on any atom is -0.495 e. The molecule has 3 rings (SSSR count). The van der Waals surface area contributed by atoms with E-state index in [9.17, 15) is 4.79 Å². The van der Waals surface area contributed by atoms with Crippen LogP contribution in [0.1, 0.15) is 30.5 Å². The Labute approximate surface area is 136 Å². The number of hydrogen-bond donors (Lipinski definition) is 2. The van der Waals surface area contributed by atoms with E-state index in [2.05, 4.69) is 16.7 Å². The van der Waals surface area contributed by atoms with Crippen LogP contribution in [0.3, 0.4) is 0 Å². The van der Waals surface area contributed by atoms with Crippen molar-refractivity contribution in [2.75, 3.05) is 12.4 Å². The number of rotatable bonds is 4. The third-order valence-corrected chi connectivity index (χ3v) is 4.33. The smallest absolute Gasteiger partial charge is 0.242 e. The minimum absolute atomic E-state index is 0.00966. The molecule has 0 spiro atoms. The predicted octanol–water partition coefficient (Wildman–Crippen LogP) is 3.30. The van der Waals surface area contributed by atoms with Gasteiger partial charge in [-0.3, -0.25) is 4.79 Å². The summed E-state index contributed by atoms with van der Waals surface area (Å²) in [6, 6.07) is 15.7. The second-order valence-corrected chi connectivity index (χ2v) is 5.87. The van der Waals surface area contributed by atoms with Gasteiger partial charge >= 0.3 is 0 Å². The van der Waals surface area contributed by atoms with E-state index in [4.69, 9.17) is 4.74 Å². The first kappa shape index (κ1) is 15.4. The molecule has 2 aromatic rings. The molecule has 0 saturated heterocycles. The molecule has 1 aliphatic heterocycles. The van der Waals surface area contributed by atoms with E-state index in [1.165, 1.54) is 5.56 Å². The molecular formula is C19H22N2O2. The summed E-state index contributed by atoms with van der Waals surface area (Å²) in [5, 5.41) is 6.43. The number of methoxy groups -OCH3 is 1. The van der Waals surface area contributed by atoms with Crippen LogP contribution >= 0.6 is 0 Å². The van der Waals surface area contributed by atoms with Crippen LogP contribution in [0.4, 0.5) is 5.69 Å². The summed E-state index contributed by atoms with van der Waals surface area (Å²) in [4.78, 5) is 12.6. The van der Waals surface area contributed by atoms with Crippen LogP contribution in [-0.4, -0.2) is 19.1 Å². The lowest BCUT2D eigenvalue weighted by Crippen LogP contribution is -2.42. The molecular weight excluding hydrogens is 288 g/mol. The number of para-hydroxylation sites is 1. The van der Waals surface area contributed by atoms with Gasteiger partial charge in [-0.05, 0) is 37.0 Å². The Morgan fingerprint density at radius 1 is 1.22 bits per heavy atom. The van der Waals surface area contributed by atoms with E-state index in [0.29, 0.717) is 0 Å². The summed E-state index contributed by atoms with van der Waals surface area (Å²) in [7, 11) is 1.65. The molecule has 1 amide bonds. The largest absolute Gasteiger partial charge is 0.495 e. The molecule has 0 aromatic heterocycles. The van der Waals surface area contributed by atoms with Crippen LogP contribution < -0.4 is 15.4 Å². The lowest BCUT2D eigenvalue weighted by molar-refractivity contribution is -0.122. The molecule has 0 unspecified atom stereocenters. The Morgan fingerprint density at radius 3 is 2.74 bits per heavy atom. The van der Waals surface area contributed by atoms with Crippen LogP contribution in [-0.2, 0) is 11.2 Å². The third kappa shape index (κ3) is 3.31. The van der Waals surface area contributed by atoms with Crippen molar-refractivity contribution >= 4 is 11.6 Å². The molecule has 0 aliphatic carbocycles. The van der Waals surface area contributed by atoms with Gasteiger partial charge in [0.2, 0.25) is 5.91 Å². The summed E-state index contributed by atoms with van der Waals surface area (Å²) in [5.41, 5.74) is 3.24. The molecule has 2 N–H and O–H groups in total. The highest BCUT2D eigenvalue weighted by molar-refractivity contribution is 5.86. The van der Waals surface area contributed by atoms with Gasteiger partial charge in [0.1, 0.15) is 11.8 Å². The first-order valence-corrected chi connectivity index (χ1v) is 7.97. The topological polar surface area (TPSA) is 50.4 Å². The maximum Gasteiger partial charge on any atom is 0.242 e. The van der Waals surface area contributed by atoms with E-state index in [1.54, 1.807) is 7.11 Å². The van der Waals surface area contributed by atoms with E-state index in [1.807, 2.05) is 49.4 Å². The van der Waals surface area contributed by atoms with Crippen molar-refractivity contribution < 1.29 is 9.53 Å². The molecule has 23 heavy (non-hydrogen) atoms. The second-order valence-electron chi connectivity index (χ2n) is 5.87. The number of anilines is 1. The molecule has 0 bridgehead atoms. The average Bonchev–Trinajstić information content (AvgIpc) is 2.61. The maximum atomic E-state index is 12.6. The number of carbonyl (C=O) groups excluding carboxylic acids is 1. The number of hydrogen-bond acceptors (Lipinski definition) is 3. The van der Waals surface area contributed by atoms with Crippen LogP contribution in [0.25, 0.3) is 0 Å². The molecule has 4 heteroatoms. The number of benzene rings is 2. The van der Waals surface area contributed by atoms with Gasteiger partial charge in [0.25, 0.3) is 0 Å². The highest BCUT2D eigenvalue weighted by Gasteiger charge is 2.26. The Hall–Kier alpha value is -2.49. The number of nitrogens with one attached hydrogen (secondary N) is 2. The van der Waals surface area contributed by atoms with Crippen molar-refractivity contribution in [3.05, 3.63) is 59.7 Å². The first-order chi connectivity index (χ1) is 11.2. The Bertz CT molecular complexity index is 671. The maximum absolute atomic E-state index is 12.6. The third-order valence-electron chi connectivity index (χ3n) is 4.33. The van der Waals surface area contributed by atoms with Gasteiger partial charge in [-0.15, -0.1) is 0 Å². The van der Waals surface area contributed by atoms with Crippen molar-refractivity contribution in [3.63, 3.8) is 0 Å². The number of carbonyl (C=O) groups is 1. The van der Waals surface area contributed by atoms with Gasteiger partial charge in [-0.1, -0.05) is 42.5 Å². The van der Waals surface area contributed by atoms with E-state index in [0.717, 1.165) is 29.8 Å². The zero-order chi connectivity index (χ0) is 16.2. The fourth-order valence-electron chi connectivity index (χ4n) is 3.00. The SMILES string of the molecule is COc1cccc2c1N[C@@H](C(=O)N[C@@H](C)c1ccccc1)CC2. The van der Waals surface area contributed by atoms with Crippen molar-refractivity contribution in [2.24, 2.45) is 0 Å². The number of amides is 1. The summed E-state index contributed by atoms with van der Waals surface area (Å²) in [5.74, 6) is 0.814. The Kier molecular flexibility index (Phi) is 4.51. The van der Waals surface area contributed by atoms with Crippen LogP contribution in [0.2, 0.25) is 0 Å². The van der Waals surface area contributed by atoms with Gasteiger partial charge in [-0.2, -0.15) is 0 Å². The van der Waals surface area contributed by atoms with Crippen LogP contribution in [0, 0.1) is 0 Å². The first-order valence-electron chi connectivity index (χ1n) is 7.97. The summed E-state index contributed by atoms with van der Waals surface area (Å²) in [6.07, 6.45) is 1.66. The fourth-order valence-corrected chi connectivity index (χ4v) is 3.00. The monoisotopic (exact) mass is 310 g/mol. The van der Waals surface area contributed by atoms with Gasteiger partial charge in [0, 0.05) is 0 Å². The van der Waals surface area contributed by atoms with Crippen LogP contribution in [0.15, 0.2) is 48.5 Å². The van der Waals surface area contributed by atoms with Crippen molar-refractivity contribution in [2.45, 2.75) is 31.8 Å². The molecule has 0 fully saturated rings. The zero-order valence-corrected chi connectivity index (χ0v) is 13.5. The number of aryl methyl sites for hydroxylation is 1. The van der Waals surface area contributed by atoms with Crippen LogP contribution in [0.5, 0.6) is 5.75 Å². The van der Waals surface area contributed by atoms with Crippen molar-refractivity contribution in [3.8, 4) is 5.75 Å². The molecule has 1 aliphatic rings. The minimum atomic E-state index is -0.232. The quantitative estimate of drug-likeness (QED) is 0.911. The summed E-state index contributed by atoms with van der Waals surface area (Å²) in [6.45, 7) is 2.00. The fraction of sp³-hybridized carbons (Fsp3) is 0.316. The van der Waals surface area contributed by atoms with Gasteiger partial charge in [-0.25, -0.2) is 0 Å². The van der Waals surface area contributed by atoms with E-state index in [-0.39, 0.29) is 18.0 Å². The van der Waals surface area contributed by atoms with Gasteiger partial charge in [0.15, 0.2) is 0 Å². The Balaban J connectivity index is 1.70. The average molecular weight is 310 g/mol. The second kappa shape index (κ2) is 6.73. The summed E-state index contributed by atoms with van der Waals surface area (Å²) >= 11 is 0. The highest BCUT2D eigenvalue weighted by atomic mass is 16.5. The Morgan fingerprint density at radius 2 is 2.00 bits per heavy atom. The van der Waals surface area contributed by atoms with Crippen molar-refractivity contribution in [1.82, 2.24) is 5.32 Å². The lowest BCUT2D eigenvalue weighted by atomic mass is 9.96. The van der Waals surface area contributed by atoms with E-state index >= 15 is 0 Å². The molecule has 120 valence electrons. The molecule has 0 saturated carbocycles. The molecule has 0 radical (unpaired) electrons. The molecule has 2 aromatic carbocycles. The van der Waals surface area contributed by atoms with Gasteiger partial charge < -0.3 is 15.4 Å². The lowest BCUT2D eigenvalue weighted by Gasteiger charge is -2.28. The molecule has 4 nitrogen and oxygen atoms in total. The number of ether oxygens (including phenoxy) is 1. The normalized spacial score (nSPS) is 17.6. The zero-order valence-electron chi connectivity index (χ0n) is 13.5. The van der Waals surface area contributed by atoms with Crippen molar-refractivity contribution in [1.29, 1.82) is 0 Å². The standard InChI is InChI=1S/C19H22N2O2/c1-13(14-7-4-3-5-8-14)20-19(22)16-12-11-15-9-6-10-17(23-2)18(15)21-16/h3-10,13,16,21H,11-12H2,1-2H3,(H,20,22)/t13-,16+/m0/s1. The van der Waals surface area contributed by atoms with E-state index < -0.39 is 0 Å². The number of fused-ring (bicyclic) bond motifs is 1. The predicted molar refractivity (Wildman–Crippen MR) is 91.7 cm³/mol. The van der Waals surface area contributed by atoms with Gasteiger partial charge in [0.05, 0.1) is 18.8 Å². The molecule has 1 heterocycles. The summed E-state index contributed by atoms with van der Waals surface area (Å²) < 4.78 is 5.40.